The molecule has 0 bridgehead atoms. The lowest BCUT2D eigenvalue weighted by Crippen LogP contribution is -2.49. The molecule has 4 nitrogen and oxygen atoms in total. The maximum absolute atomic E-state index is 12.5. The Labute approximate surface area is 131 Å². The number of nitrogens with one attached hydrogen (secondary N) is 1. The zero-order chi connectivity index (χ0) is 15.7. The molecule has 2 unspecified atom stereocenters. The summed E-state index contributed by atoms with van der Waals surface area (Å²) < 4.78 is 5.28. The average molecular weight is 311 g/mol. The van der Waals surface area contributed by atoms with Gasteiger partial charge in [-0.15, -0.1) is 0 Å². The van der Waals surface area contributed by atoms with Gasteiger partial charge in [0, 0.05) is 5.25 Å². The van der Waals surface area contributed by atoms with Crippen LogP contribution in [0.2, 0.25) is 0 Å². The lowest BCUT2D eigenvalue weighted by Gasteiger charge is -2.32. The highest BCUT2D eigenvalue weighted by Gasteiger charge is 2.39. The van der Waals surface area contributed by atoms with Gasteiger partial charge in [-0.3, -0.25) is 0 Å². The van der Waals surface area contributed by atoms with E-state index in [9.17, 15) is 4.79 Å². The molecule has 0 radical (unpaired) electrons. The summed E-state index contributed by atoms with van der Waals surface area (Å²) in [6, 6.07) is 9.65. The van der Waals surface area contributed by atoms with Crippen LogP contribution in [0.1, 0.15) is 25.8 Å². The van der Waals surface area contributed by atoms with Crippen LogP contribution in [0.5, 0.6) is 0 Å². The van der Waals surface area contributed by atoms with Crippen molar-refractivity contribution in [2.45, 2.75) is 31.1 Å². The predicted octanol–water partition coefficient (Wildman–Crippen LogP) is 2.17. The number of carbonyl (C=O) groups excluding carboxylic acids is 1. The fourth-order valence-corrected chi connectivity index (χ4v) is 3.11. The van der Waals surface area contributed by atoms with Crippen molar-refractivity contribution >= 4 is 17.7 Å². The van der Waals surface area contributed by atoms with E-state index in [0.29, 0.717) is 13.0 Å². The van der Waals surface area contributed by atoms with Gasteiger partial charge in [0.1, 0.15) is 5.54 Å². The highest BCUT2D eigenvalue weighted by molar-refractivity contribution is 7.99. The molecule has 0 saturated heterocycles. The van der Waals surface area contributed by atoms with Crippen molar-refractivity contribution in [3.63, 3.8) is 0 Å². The maximum Gasteiger partial charge on any atom is 0.331 e. The smallest absolute Gasteiger partial charge is 0.331 e. The van der Waals surface area contributed by atoms with E-state index < -0.39 is 5.54 Å². The molecule has 1 rings (SSSR count). The van der Waals surface area contributed by atoms with E-state index in [0.717, 1.165) is 11.3 Å². The van der Waals surface area contributed by atoms with Gasteiger partial charge in [0.05, 0.1) is 13.2 Å². The minimum atomic E-state index is -0.834. The van der Waals surface area contributed by atoms with E-state index in [1.54, 1.807) is 18.8 Å². The zero-order valence-corrected chi connectivity index (χ0v) is 13.8. The topological polar surface area (TPSA) is 58.6 Å². The molecule has 0 aliphatic rings. The number of thioether (sulfide) groups is 1. The van der Waals surface area contributed by atoms with E-state index >= 15 is 0 Å². The Morgan fingerprint density at radius 2 is 2.10 bits per heavy atom. The Kier molecular flexibility index (Phi) is 7.78. The van der Waals surface area contributed by atoms with E-state index in [4.69, 9.17) is 9.84 Å². The molecule has 0 saturated carbocycles. The third-order valence-corrected chi connectivity index (χ3v) is 4.61. The molecule has 2 atom stereocenters. The summed E-state index contributed by atoms with van der Waals surface area (Å²) in [6.07, 6.45) is 0.612. The lowest BCUT2D eigenvalue weighted by atomic mass is 9.87. The molecule has 1 aromatic rings. The Morgan fingerprint density at radius 3 is 2.62 bits per heavy atom. The summed E-state index contributed by atoms with van der Waals surface area (Å²) in [7, 11) is 1.78. The largest absolute Gasteiger partial charge is 0.464 e. The molecule has 2 N–H and O–H groups in total. The van der Waals surface area contributed by atoms with Crippen molar-refractivity contribution in [1.82, 2.24) is 5.32 Å². The highest BCUT2D eigenvalue weighted by Crippen LogP contribution is 2.29. The Hall–Kier alpha value is -1.04. The minimum Gasteiger partial charge on any atom is -0.464 e. The van der Waals surface area contributed by atoms with E-state index in [2.05, 4.69) is 5.32 Å². The number of ether oxygens (including phenoxy) is 1. The molecule has 0 fully saturated rings. The SMILES string of the molecule is CCOC(=O)C(CCSC(C)CO)(NC)c1ccccc1. The van der Waals surface area contributed by atoms with Crippen LogP contribution in [0.4, 0.5) is 0 Å². The number of aliphatic hydroxyl groups is 1. The molecular formula is C16H25NO3S. The molecule has 0 aliphatic heterocycles. The Morgan fingerprint density at radius 1 is 1.43 bits per heavy atom. The third-order valence-electron chi connectivity index (χ3n) is 3.45. The molecule has 5 heteroatoms. The van der Waals surface area contributed by atoms with Crippen molar-refractivity contribution in [2.75, 3.05) is 26.0 Å². The van der Waals surface area contributed by atoms with Crippen molar-refractivity contribution in [1.29, 1.82) is 0 Å². The first kappa shape index (κ1) is 18.0. The summed E-state index contributed by atoms with van der Waals surface area (Å²) in [5.74, 6) is 0.506. The van der Waals surface area contributed by atoms with Crippen LogP contribution >= 0.6 is 11.8 Å². The quantitative estimate of drug-likeness (QED) is 0.685. The second-order valence-corrected chi connectivity index (χ2v) is 6.40. The van der Waals surface area contributed by atoms with E-state index in [1.807, 2.05) is 44.2 Å². The van der Waals surface area contributed by atoms with Crippen molar-refractivity contribution in [3.05, 3.63) is 35.9 Å². The number of hydrogen-bond donors (Lipinski definition) is 2. The summed E-state index contributed by atoms with van der Waals surface area (Å²) in [5, 5.41) is 12.4. The lowest BCUT2D eigenvalue weighted by molar-refractivity contribution is -0.151. The van der Waals surface area contributed by atoms with Gasteiger partial charge in [0.15, 0.2) is 0 Å². The second kappa shape index (κ2) is 9.07. The fraction of sp³-hybridized carbons (Fsp3) is 0.562. The van der Waals surface area contributed by atoms with Gasteiger partial charge in [-0.2, -0.15) is 11.8 Å². The first-order valence-electron chi connectivity index (χ1n) is 7.24. The minimum absolute atomic E-state index is 0.141. The van der Waals surface area contributed by atoms with Gasteiger partial charge in [-0.25, -0.2) is 4.79 Å². The van der Waals surface area contributed by atoms with Gasteiger partial charge < -0.3 is 15.2 Å². The summed E-state index contributed by atoms with van der Waals surface area (Å²) >= 11 is 1.65. The third kappa shape index (κ3) is 4.73. The molecule has 0 aromatic heterocycles. The second-order valence-electron chi connectivity index (χ2n) is 4.86. The number of hydrogen-bond acceptors (Lipinski definition) is 5. The number of aliphatic hydroxyl groups excluding tert-OH is 1. The molecule has 0 aliphatic carbocycles. The molecule has 0 amide bonds. The van der Waals surface area contributed by atoms with Crippen LogP contribution in [-0.4, -0.2) is 42.3 Å². The van der Waals surface area contributed by atoms with Crippen LogP contribution in [0.25, 0.3) is 0 Å². The standard InChI is InChI=1S/C16H25NO3S/c1-4-20-15(19)16(17-3,10-11-21-13(2)12-18)14-8-6-5-7-9-14/h5-9,13,17-18H,4,10-12H2,1-3H3. The monoisotopic (exact) mass is 311 g/mol. The van der Waals surface area contributed by atoms with Crippen LogP contribution in [0, 0.1) is 0 Å². The van der Waals surface area contributed by atoms with Crippen LogP contribution in [-0.2, 0) is 15.1 Å². The van der Waals surface area contributed by atoms with Gasteiger partial charge >= 0.3 is 5.97 Å². The van der Waals surface area contributed by atoms with Gasteiger partial charge in [-0.05, 0) is 31.7 Å². The van der Waals surface area contributed by atoms with Gasteiger partial charge in [0.25, 0.3) is 0 Å². The molecule has 0 heterocycles. The number of esters is 1. The first-order chi connectivity index (χ1) is 10.1. The van der Waals surface area contributed by atoms with Crippen molar-refractivity contribution in [2.24, 2.45) is 0 Å². The van der Waals surface area contributed by atoms with Gasteiger partial charge in [-0.1, -0.05) is 37.3 Å². The zero-order valence-electron chi connectivity index (χ0n) is 13.0. The summed E-state index contributed by atoms with van der Waals surface area (Å²) in [5.41, 5.74) is 0.0719. The Bertz CT molecular complexity index is 427. The fourth-order valence-electron chi connectivity index (χ4n) is 2.18. The molecule has 21 heavy (non-hydrogen) atoms. The molecular weight excluding hydrogens is 286 g/mol. The van der Waals surface area contributed by atoms with Crippen LogP contribution in [0.3, 0.4) is 0 Å². The first-order valence-corrected chi connectivity index (χ1v) is 8.29. The van der Waals surface area contributed by atoms with Crippen molar-refractivity contribution < 1.29 is 14.6 Å². The highest BCUT2D eigenvalue weighted by atomic mass is 32.2. The van der Waals surface area contributed by atoms with Gasteiger partial charge in [0.2, 0.25) is 0 Å². The molecule has 0 spiro atoms. The van der Waals surface area contributed by atoms with E-state index in [-0.39, 0.29) is 17.8 Å². The normalized spacial score (nSPS) is 15.2. The number of carbonyl (C=O) groups is 1. The maximum atomic E-state index is 12.5. The molecule has 1 aromatic carbocycles. The molecule has 118 valence electrons. The predicted molar refractivity (Wildman–Crippen MR) is 87.4 cm³/mol. The number of likely N-dealkylation sites (N-methyl/N-ethyl adjacent to an activating group) is 1. The summed E-state index contributed by atoms with van der Waals surface area (Å²) in [6.45, 7) is 4.28. The van der Waals surface area contributed by atoms with Crippen LogP contribution < -0.4 is 5.32 Å². The van der Waals surface area contributed by atoms with Crippen molar-refractivity contribution in [3.8, 4) is 0 Å². The number of rotatable bonds is 9. The Balaban J connectivity index is 2.95. The van der Waals surface area contributed by atoms with E-state index in [1.165, 1.54) is 0 Å². The summed E-state index contributed by atoms with van der Waals surface area (Å²) in [4.78, 5) is 12.5. The average Bonchev–Trinajstić information content (AvgIpc) is 2.52. The number of benzene rings is 1. The van der Waals surface area contributed by atoms with Crippen LogP contribution in [0.15, 0.2) is 30.3 Å².